The number of benzene rings is 1. The third-order valence-electron chi connectivity index (χ3n) is 2.73. The molecule has 0 saturated carbocycles. The molecule has 0 bridgehead atoms. The summed E-state index contributed by atoms with van der Waals surface area (Å²) in [5.41, 5.74) is 2.13. The lowest BCUT2D eigenvalue weighted by atomic mass is 10.1. The van der Waals surface area contributed by atoms with E-state index >= 15 is 0 Å². The molecule has 0 fully saturated rings. The first kappa shape index (κ1) is 16.2. The summed E-state index contributed by atoms with van der Waals surface area (Å²) >= 11 is 0. The molecule has 2 N–H and O–H groups in total. The second-order valence-corrected chi connectivity index (χ2v) is 4.28. The number of anilines is 1. The van der Waals surface area contributed by atoms with Crippen molar-refractivity contribution in [3.05, 3.63) is 64.0 Å². The van der Waals surface area contributed by atoms with E-state index in [0.29, 0.717) is 12.1 Å². The van der Waals surface area contributed by atoms with Gasteiger partial charge in [0.2, 0.25) is 0 Å². The summed E-state index contributed by atoms with van der Waals surface area (Å²) in [5.74, 6) is -0.695. The lowest BCUT2D eigenvalue weighted by Gasteiger charge is -2.11. The second-order valence-electron chi connectivity index (χ2n) is 4.28. The predicted molar refractivity (Wildman–Crippen MR) is 73.4 cm³/mol. The molecule has 0 radical (unpaired) electrons. The van der Waals surface area contributed by atoms with Crippen LogP contribution in [0.15, 0.2) is 42.6 Å². The van der Waals surface area contributed by atoms with Gasteiger partial charge in [-0.05, 0) is 24.3 Å². The number of nitro groups is 1. The van der Waals surface area contributed by atoms with Crippen LogP contribution >= 0.6 is 0 Å². The summed E-state index contributed by atoms with van der Waals surface area (Å²) in [6, 6.07) is 6.46. The van der Waals surface area contributed by atoms with Crippen molar-refractivity contribution in [3.63, 3.8) is 0 Å². The van der Waals surface area contributed by atoms with Crippen LogP contribution in [-0.2, 0) is 6.18 Å². The van der Waals surface area contributed by atoms with Crippen LogP contribution in [0.4, 0.5) is 24.5 Å². The summed E-state index contributed by atoms with van der Waals surface area (Å²) in [7, 11) is 0. The molecule has 7 nitrogen and oxygen atoms in total. The summed E-state index contributed by atoms with van der Waals surface area (Å²) in [6.07, 6.45) is -3.34. The van der Waals surface area contributed by atoms with Crippen LogP contribution in [0.1, 0.15) is 16.1 Å². The minimum atomic E-state index is -4.71. The zero-order chi connectivity index (χ0) is 17.0. The Hall–Kier alpha value is -3.17. The predicted octanol–water partition coefficient (Wildman–Crippen LogP) is 2.77. The lowest BCUT2D eigenvalue weighted by molar-refractivity contribution is -0.384. The Morgan fingerprint density at radius 3 is 2.52 bits per heavy atom. The molecule has 10 heteroatoms. The topological polar surface area (TPSA) is 97.2 Å². The van der Waals surface area contributed by atoms with Crippen LogP contribution in [0.5, 0.6) is 0 Å². The molecule has 0 aliphatic heterocycles. The second kappa shape index (κ2) is 6.30. The van der Waals surface area contributed by atoms with Gasteiger partial charge in [-0.15, -0.1) is 0 Å². The number of hydrogen-bond donors (Lipinski definition) is 2. The number of alkyl halides is 3. The van der Waals surface area contributed by atoms with Gasteiger partial charge in [0.15, 0.2) is 0 Å². The van der Waals surface area contributed by atoms with Gasteiger partial charge in [-0.1, -0.05) is 6.07 Å². The van der Waals surface area contributed by atoms with E-state index < -0.39 is 28.3 Å². The summed E-state index contributed by atoms with van der Waals surface area (Å²) in [5, 5.41) is 10.9. The number of pyridine rings is 1. The van der Waals surface area contributed by atoms with E-state index in [1.807, 2.05) is 0 Å². The number of amides is 1. The number of nitrogens with one attached hydrogen (secondary N) is 2. The number of nitrogens with zero attached hydrogens (tertiary/aromatic N) is 2. The van der Waals surface area contributed by atoms with Gasteiger partial charge >= 0.3 is 6.18 Å². The fourth-order valence-electron chi connectivity index (χ4n) is 1.65. The van der Waals surface area contributed by atoms with Crippen LogP contribution in [-0.4, -0.2) is 15.8 Å². The molecule has 1 amide bonds. The van der Waals surface area contributed by atoms with E-state index in [-0.39, 0.29) is 11.4 Å². The maximum Gasteiger partial charge on any atom is 0.416 e. The summed E-state index contributed by atoms with van der Waals surface area (Å²) < 4.78 is 37.7. The highest BCUT2D eigenvalue weighted by Crippen LogP contribution is 2.34. The maximum atomic E-state index is 12.6. The van der Waals surface area contributed by atoms with Crippen LogP contribution in [0.3, 0.4) is 0 Å². The smallest absolute Gasteiger partial charge is 0.292 e. The summed E-state index contributed by atoms with van der Waals surface area (Å²) in [4.78, 5) is 25.4. The molecule has 0 saturated heterocycles. The van der Waals surface area contributed by atoms with E-state index in [9.17, 15) is 28.1 Å². The Morgan fingerprint density at radius 1 is 1.22 bits per heavy atom. The molecule has 0 aliphatic rings. The highest BCUT2D eigenvalue weighted by atomic mass is 19.4. The lowest BCUT2D eigenvalue weighted by Crippen LogP contribution is -2.30. The molecule has 0 aliphatic carbocycles. The van der Waals surface area contributed by atoms with Gasteiger partial charge in [-0.25, -0.2) is 0 Å². The van der Waals surface area contributed by atoms with Gasteiger partial charge in [0, 0.05) is 12.3 Å². The zero-order valence-electron chi connectivity index (χ0n) is 11.3. The van der Waals surface area contributed by atoms with E-state index in [0.717, 1.165) is 6.07 Å². The van der Waals surface area contributed by atoms with E-state index in [4.69, 9.17) is 0 Å². The molecule has 120 valence electrons. The van der Waals surface area contributed by atoms with Gasteiger partial charge in [-0.3, -0.25) is 30.7 Å². The molecule has 1 heterocycles. The zero-order valence-corrected chi connectivity index (χ0v) is 11.3. The molecule has 1 aromatic heterocycles. The number of hydrogen-bond acceptors (Lipinski definition) is 5. The standard InChI is InChI=1S/C13H9F3N4O3/c14-13(15,16)8-4-5-9(11(7-8)20(22)23)18-19-12(21)10-3-1-2-6-17-10/h1-7,18H,(H,19,21). The number of aromatic nitrogens is 1. The molecule has 0 spiro atoms. The van der Waals surface area contributed by atoms with Gasteiger partial charge < -0.3 is 0 Å². The van der Waals surface area contributed by atoms with Crippen molar-refractivity contribution in [2.45, 2.75) is 6.18 Å². The van der Waals surface area contributed by atoms with Crippen molar-refractivity contribution in [1.29, 1.82) is 0 Å². The number of rotatable bonds is 4. The third-order valence-corrected chi connectivity index (χ3v) is 2.73. The van der Waals surface area contributed by atoms with Crippen molar-refractivity contribution in [2.75, 3.05) is 5.43 Å². The van der Waals surface area contributed by atoms with Crippen molar-refractivity contribution < 1.29 is 22.9 Å². The molecular weight excluding hydrogens is 317 g/mol. The minimum Gasteiger partial charge on any atom is -0.292 e. The van der Waals surface area contributed by atoms with Gasteiger partial charge in [0.05, 0.1) is 10.5 Å². The highest BCUT2D eigenvalue weighted by molar-refractivity contribution is 5.93. The van der Waals surface area contributed by atoms with Crippen LogP contribution in [0.2, 0.25) is 0 Å². The van der Waals surface area contributed by atoms with E-state index in [2.05, 4.69) is 15.8 Å². The van der Waals surface area contributed by atoms with Crippen LogP contribution < -0.4 is 10.9 Å². The highest BCUT2D eigenvalue weighted by Gasteiger charge is 2.33. The molecule has 2 aromatic rings. The van der Waals surface area contributed by atoms with Crippen LogP contribution in [0.25, 0.3) is 0 Å². The third kappa shape index (κ3) is 3.93. The fourth-order valence-corrected chi connectivity index (χ4v) is 1.65. The van der Waals surface area contributed by atoms with Gasteiger partial charge in [0.1, 0.15) is 11.4 Å². The Kier molecular flexibility index (Phi) is 4.44. The molecular formula is C13H9F3N4O3. The Labute approximate surface area is 127 Å². The quantitative estimate of drug-likeness (QED) is 0.665. The molecule has 1 aromatic carbocycles. The number of halogens is 3. The van der Waals surface area contributed by atoms with Crippen molar-refractivity contribution >= 4 is 17.3 Å². The normalized spacial score (nSPS) is 10.9. The SMILES string of the molecule is O=C(NNc1ccc(C(F)(F)F)cc1[N+](=O)[O-])c1ccccn1. The van der Waals surface area contributed by atoms with Crippen LogP contribution in [0, 0.1) is 10.1 Å². The Balaban J connectivity index is 2.20. The number of nitro benzene ring substituents is 1. The first-order valence-corrected chi connectivity index (χ1v) is 6.12. The minimum absolute atomic E-state index is 0.0366. The fraction of sp³-hybridized carbons (Fsp3) is 0.0769. The van der Waals surface area contributed by atoms with E-state index in [1.165, 1.54) is 12.3 Å². The number of carbonyl (C=O) groups is 1. The average Bonchev–Trinajstić information content (AvgIpc) is 2.52. The largest absolute Gasteiger partial charge is 0.416 e. The first-order valence-electron chi connectivity index (χ1n) is 6.12. The average molecular weight is 326 g/mol. The monoisotopic (exact) mass is 326 g/mol. The van der Waals surface area contributed by atoms with Crippen molar-refractivity contribution in [1.82, 2.24) is 10.4 Å². The van der Waals surface area contributed by atoms with Crippen molar-refractivity contribution in [2.24, 2.45) is 0 Å². The van der Waals surface area contributed by atoms with Crippen molar-refractivity contribution in [3.8, 4) is 0 Å². The number of hydrazine groups is 1. The molecule has 0 atom stereocenters. The number of carbonyl (C=O) groups excluding carboxylic acids is 1. The Bertz CT molecular complexity index is 735. The maximum absolute atomic E-state index is 12.6. The summed E-state index contributed by atoms with van der Waals surface area (Å²) in [6.45, 7) is 0. The Morgan fingerprint density at radius 2 is 1.96 bits per heavy atom. The molecule has 23 heavy (non-hydrogen) atoms. The molecule has 2 rings (SSSR count). The van der Waals surface area contributed by atoms with E-state index in [1.54, 1.807) is 12.1 Å². The first-order chi connectivity index (χ1) is 10.8. The van der Waals surface area contributed by atoms with Gasteiger partial charge in [0.25, 0.3) is 11.6 Å². The molecule has 0 unspecified atom stereocenters. The van der Waals surface area contributed by atoms with Gasteiger partial charge in [-0.2, -0.15) is 13.2 Å².